The fourth-order valence-electron chi connectivity index (χ4n) is 1.63. The third-order valence-corrected chi connectivity index (χ3v) is 2.81. The molecule has 3 aromatic rings. The maximum atomic E-state index is 12.8. The zero-order chi connectivity index (χ0) is 11.8. The van der Waals surface area contributed by atoms with Crippen molar-refractivity contribution in [2.75, 3.05) is 0 Å². The van der Waals surface area contributed by atoms with E-state index in [9.17, 15) is 4.39 Å². The molecule has 3 rings (SSSR count). The predicted molar refractivity (Wildman–Crippen MR) is 66.1 cm³/mol. The lowest BCUT2D eigenvalue weighted by Crippen LogP contribution is -1.92. The molecule has 0 spiro atoms. The molecule has 0 aliphatic heterocycles. The molecule has 3 nitrogen and oxygen atoms in total. The molecular formula is C12H7BrFN3. The molecule has 0 fully saturated rings. The molecule has 2 heterocycles. The first-order valence-electron chi connectivity index (χ1n) is 5.00. The predicted octanol–water partition coefficient (Wildman–Crippen LogP) is 3.30. The Balaban J connectivity index is 2.13. The Hall–Kier alpha value is -1.75. The Morgan fingerprint density at radius 3 is 2.59 bits per heavy atom. The van der Waals surface area contributed by atoms with E-state index >= 15 is 0 Å². The van der Waals surface area contributed by atoms with Crippen LogP contribution in [0.15, 0.2) is 47.2 Å². The second-order valence-corrected chi connectivity index (χ2v) is 4.40. The van der Waals surface area contributed by atoms with E-state index < -0.39 is 0 Å². The molecule has 1 aromatic carbocycles. The van der Waals surface area contributed by atoms with Crippen molar-refractivity contribution in [2.24, 2.45) is 0 Å². The first-order valence-corrected chi connectivity index (χ1v) is 5.79. The molecule has 17 heavy (non-hydrogen) atoms. The smallest absolute Gasteiger partial charge is 0.154 e. The second-order valence-electron chi connectivity index (χ2n) is 3.59. The monoisotopic (exact) mass is 291 g/mol. The number of halogens is 2. The molecule has 0 aliphatic carbocycles. The number of hydrogen-bond acceptors (Lipinski definition) is 2. The van der Waals surface area contributed by atoms with E-state index in [0.717, 1.165) is 21.5 Å². The fourth-order valence-corrected chi connectivity index (χ4v) is 2.00. The first-order chi connectivity index (χ1) is 8.22. The van der Waals surface area contributed by atoms with Gasteiger partial charge in [-0.2, -0.15) is 5.10 Å². The van der Waals surface area contributed by atoms with Crippen LogP contribution < -0.4 is 0 Å². The highest BCUT2D eigenvalue weighted by Crippen LogP contribution is 2.18. The molecule has 84 valence electrons. The van der Waals surface area contributed by atoms with Crippen molar-refractivity contribution < 1.29 is 4.39 Å². The van der Waals surface area contributed by atoms with Crippen LogP contribution in [0.5, 0.6) is 0 Å². The van der Waals surface area contributed by atoms with E-state index in [2.05, 4.69) is 26.0 Å². The van der Waals surface area contributed by atoms with Crippen LogP contribution in [-0.4, -0.2) is 14.6 Å². The second kappa shape index (κ2) is 3.92. The Morgan fingerprint density at radius 2 is 1.82 bits per heavy atom. The van der Waals surface area contributed by atoms with Crippen molar-refractivity contribution in [3.8, 4) is 11.3 Å². The van der Waals surface area contributed by atoms with Crippen molar-refractivity contribution in [2.45, 2.75) is 0 Å². The van der Waals surface area contributed by atoms with Gasteiger partial charge in [0.25, 0.3) is 0 Å². The van der Waals surface area contributed by atoms with Crippen molar-refractivity contribution in [1.29, 1.82) is 0 Å². The van der Waals surface area contributed by atoms with Gasteiger partial charge in [0.1, 0.15) is 10.4 Å². The molecule has 0 atom stereocenters. The van der Waals surface area contributed by atoms with Gasteiger partial charge in [0.15, 0.2) is 5.65 Å². The highest BCUT2D eigenvalue weighted by atomic mass is 79.9. The summed E-state index contributed by atoms with van der Waals surface area (Å²) in [5.74, 6) is -0.250. The minimum absolute atomic E-state index is 0.250. The van der Waals surface area contributed by atoms with Crippen molar-refractivity contribution >= 4 is 21.6 Å². The highest BCUT2D eigenvalue weighted by Gasteiger charge is 2.03. The Kier molecular flexibility index (Phi) is 2.40. The van der Waals surface area contributed by atoms with Crippen LogP contribution >= 0.6 is 15.9 Å². The standard InChI is InChI=1S/C12H7BrFN3/c13-11-7-17-12(15-11)6-5-10(16-17)8-1-3-9(14)4-2-8/h1-7H. The number of hydrogen-bond donors (Lipinski definition) is 0. The first kappa shape index (κ1) is 10.4. The van der Waals surface area contributed by atoms with Crippen LogP contribution in [0.3, 0.4) is 0 Å². The number of benzene rings is 1. The minimum atomic E-state index is -0.250. The lowest BCUT2D eigenvalue weighted by atomic mass is 10.1. The summed E-state index contributed by atoms with van der Waals surface area (Å²) in [6.45, 7) is 0. The van der Waals surface area contributed by atoms with Crippen LogP contribution in [0.25, 0.3) is 16.9 Å². The van der Waals surface area contributed by atoms with Crippen molar-refractivity contribution in [3.05, 3.63) is 53.0 Å². The number of imidazole rings is 1. The summed E-state index contributed by atoms with van der Waals surface area (Å²) in [5, 5.41) is 4.40. The number of fused-ring (bicyclic) bond motifs is 1. The van der Waals surface area contributed by atoms with E-state index in [0.29, 0.717) is 0 Å². The SMILES string of the molecule is Fc1ccc(-c2ccc3nc(Br)cn3n2)cc1. The van der Waals surface area contributed by atoms with Gasteiger partial charge in [-0.15, -0.1) is 0 Å². The largest absolute Gasteiger partial charge is 0.220 e. The Bertz CT molecular complexity index is 676. The third-order valence-electron chi connectivity index (χ3n) is 2.43. The number of aromatic nitrogens is 3. The molecule has 0 saturated heterocycles. The summed E-state index contributed by atoms with van der Waals surface area (Å²) in [6.07, 6.45) is 1.78. The fraction of sp³-hybridized carbons (Fsp3) is 0. The summed E-state index contributed by atoms with van der Waals surface area (Å²) >= 11 is 3.29. The summed E-state index contributed by atoms with van der Waals surface area (Å²) in [7, 11) is 0. The maximum Gasteiger partial charge on any atom is 0.154 e. The maximum absolute atomic E-state index is 12.8. The van der Waals surface area contributed by atoms with Crippen LogP contribution in [0, 0.1) is 5.82 Å². The van der Waals surface area contributed by atoms with Gasteiger partial charge in [0.2, 0.25) is 0 Å². The Morgan fingerprint density at radius 1 is 1.06 bits per heavy atom. The Labute approximate surface area is 105 Å². The van der Waals surface area contributed by atoms with E-state index in [1.165, 1.54) is 12.1 Å². The lowest BCUT2D eigenvalue weighted by Gasteiger charge is -2.01. The van der Waals surface area contributed by atoms with E-state index in [1.54, 1.807) is 22.8 Å². The third kappa shape index (κ3) is 1.93. The molecule has 2 aromatic heterocycles. The summed E-state index contributed by atoms with van der Waals surface area (Å²) in [4.78, 5) is 4.22. The van der Waals surface area contributed by atoms with Crippen LogP contribution in [-0.2, 0) is 0 Å². The number of rotatable bonds is 1. The van der Waals surface area contributed by atoms with E-state index in [-0.39, 0.29) is 5.82 Å². The molecule has 5 heteroatoms. The lowest BCUT2D eigenvalue weighted by molar-refractivity contribution is 0.628. The van der Waals surface area contributed by atoms with Gasteiger partial charge in [0, 0.05) is 5.56 Å². The zero-order valence-corrected chi connectivity index (χ0v) is 10.2. The van der Waals surface area contributed by atoms with Crippen LogP contribution in [0.4, 0.5) is 4.39 Å². The normalized spacial score (nSPS) is 10.9. The van der Waals surface area contributed by atoms with Gasteiger partial charge in [0.05, 0.1) is 11.9 Å². The van der Waals surface area contributed by atoms with Crippen LogP contribution in [0.2, 0.25) is 0 Å². The van der Waals surface area contributed by atoms with Gasteiger partial charge in [-0.05, 0) is 52.3 Å². The van der Waals surface area contributed by atoms with Gasteiger partial charge in [-0.25, -0.2) is 13.9 Å². The van der Waals surface area contributed by atoms with Crippen molar-refractivity contribution in [3.63, 3.8) is 0 Å². The molecule has 0 saturated carbocycles. The van der Waals surface area contributed by atoms with Crippen LogP contribution in [0.1, 0.15) is 0 Å². The van der Waals surface area contributed by atoms with Gasteiger partial charge in [-0.3, -0.25) is 0 Å². The molecule has 0 N–H and O–H groups in total. The van der Waals surface area contributed by atoms with Gasteiger partial charge in [-0.1, -0.05) is 0 Å². The average molecular weight is 292 g/mol. The average Bonchev–Trinajstić information content (AvgIpc) is 2.69. The molecule has 0 unspecified atom stereocenters. The van der Waals surface area contributed by atoms with E-state index in [4.69, 9.17) is 0 Å². The topological polar surface area (TPSA) is 30.2 Å². The van der Waals surface area contributed by atoms with Gasteiger partial charge >= 0.3 is 0 Å². The molecule has 0 amide bonds. The van der Waals surface area contributed by atoms with E-state index in [1.807, 2.05) is 12.1 Å². The number of nitrogens with zero attached hydrogens (tertiary/aromatic N) is 3. The quantitative estimate of drug-likeness (QED) is 0.689. The summed E-state index contributed by atoms with van der Waals surface area (Å²) in [5.41, 5.74) is 2.42. The molecule has 0 aliphatic rings. The highest BCUT2D eigenvalue weighted by molar-refractivity contribution is 9.10. The molecule has 0 radical (unpaired) electrons. The summed E-state index contributed by atoms with van der Waals surface area (Å²) in [6, 6.07) is 9.99. The molecule has 0 bridgehead atoms. The summed E-state index contributed by atoms with van der Waals surface area (Å²) < 4.78 is 15.2. The van der Waals surface area contributed by atoms with Crippen molar-refractivity contribution in [1.82, 2.24) is 14.6 Å². The van der Waals surface area contributed by atoms with Gasteiger partial charge < -0.3 is 0 Å². The molecular weight excluding hydrogens is 285 g/mol. The zero-order valence-electron chi connectivity index (χ0n) is 8.64. The minimum Gasteiger partial charge on any atom is -0.220 e.